The van der Waals surface area contributed by atoms with Crippen molar-refractivity contribution >= 4 is 22.5 Å². The number of fused-ring (bicyclic) bond motifs is 1. The highest BCUT2D eigenvalue weighted by molar-refractivity contribution is 5.91. The van der Waals surface area contributed by atoms with E-state index in [4.69, 9.17) is 15.2 Å². The number of nitrogens with two attached hydrogens (primary N) is 1. The molecule has 0 spiro atoms. The number of anilines is 2. The SMILES string of the molecule is Cc1nc(N[C@H](C)c2nc(N)cc(C(F)(F)F)n2)c2cc(OC3CCOC3)c(O)cc2n1. The smallest absolute Gasteiger partial charge is 0.433 e. The van der Waals surface area contributed by atoms with Gasteiger partial charge >= 0.3 is 6.18 Å². The number of benzene rings is 1. The molecule has 170 valence electrons. The van der Waals surface area contributed by atoms with Gasteiger partial charge in [-0.25, -0.2) is 19.9 Å². The Hall–Kier alpha value is -3.41. The molecular formula is C20H21F3N6O3. The molecule has 2 atom stereocenters. The van der Waals surface area contributed by atoms with Crippen molar-refractivity contribution in [2.24, 2.45) is 0 Å². The van der Waals surface area contributed by atoms with Crippen molar-refractivity contribution in [3.63, 3.8) is 0 Å². The van der Waals surface area contributed by atoms with E-state index in [-0.39, 0.29) is 29.2 Å². The molecule has 2 aromatic heterocycles. The van der Waals surface area contributed by atoms with Crippen LogP contribution in [0.15, 0.2) is 18.2 Å². The van der Waals surface area contributed by atoms with E-state index in [0.717, 1.165) is 0 Å². The first-order valence-corrected chi connectivity index (χ1v) is 9.84. The molecule has 1 unspecified atom stereocenters. The second-order valence-corrected chi connectivity index (χ2v) is 7.46. The summed E-state index contributed by atoms with van der Waals surface area (Å²) in [6, 6.07) is 2.95. The molecule has 0 saturated carbocycles. The van der Waals surface area contributed by atoms with E-state index >= 15 is 0 Å². The first-order valence-electron chi connectivity index (χ1n) is 9.84. The molecule has 4 N–H and O–H groups in total. The summed E-state index contributed by atoms with van der Waals surface area (Å²) in [5.41, 5.74) is 4.86. The third-order valence-electron chi connectivity index (χ3n) is 4.86. The van der Waals surface area contributed by atoms with Crippen LogP contribution in [0.3, 0.4) is 0 Å². The molecule has 32 heavy (non-hydrogen) atoms. The zero-order valence-corrected chi connectivity index (χ0v) is 17.3. The number of aromatic hydroxyl groups is 1. The van der Waals surface area contributed by atoms with E-state index in [2.05, 4.69) is 25.3 Å². The molecule has 3 aromatic rings. The number of hydrogen-bond acceptors (Lipinski definition) is 9. The highest BCUT2D eigenvalue weighted by Crippen LogP contribution is 2.36. The third-order valence-corrected chi connectivity index (χ3v) is 4.86. The van der Waals surface area contributed by atoms with Crippen molar-refractivity contribution in [3.05, 3.63) is 35.5 Å². The average molecular weight is 450 g/mol. The molecule has 12 heteroatoms. The van der Waals surface area contributed by atoms with E-state index in [1.165, 1.54) is 6.07 Å². The summed E-state index contributed by atoms with van der Waals surface area (Å²) in [6.45, 7) is 4.24. The van der Waals surface area contributed by atoms with Crippen molar-refractivity contribution in [1.29, 1.82) is 0 Å². The van der Waals surface area contributed by atoms with E-state index in [9.17, 15) is 18.3 Å². The lowest BCUT2D eigenvalue weighted by atomic mass is 10.2. The maximum atomic E-state index is 13.1. The molecule has 1 saturated heterocycles. The fraction of sp³-hybridized carbons (Fsp3) is 0.400. The summed E-state index contributed by atoms with van der Waals surface area (Å²) in [5.74, 6) is 0.437. The molecule has 1 aromatic carbocycles. The van der Waals surface area contributed by atoms with Gasteiger partial charge in [0.25, 0.3) is 0 Å². The Balaban J connectivity index is 1.69. The van der Waals surface area contributed by atoms with Gasteiger partial charge in [0.1, 0.15) is 29.3 Å². The van der Waals surface area contributed by atoms with Gasteiger partial charge in [0.2, 0.25) is 0 Å². The number of aryl methyl sites for hydroxylation is 1. The number of phenols is 1. The zero-order chi connectivity index (χ0) is 23.0. The van der Waals surface area contributed by atoms with E-state index in [1.54, 1.807) is 19.9 Å². The Morgan fingerprint density at radius 2 is 2.00 bits per heavy atom. The van der Waals surface area contributed by atoms with Crippen LogP contribution in [0.25, 0.3) is 10.9 Å². The summed E-state index contributed by atoms with van der Waals surface area (Å²) in [7, 11) is 0. The minimum atomic E-state index is -4.66. The molecule has 1 aliphatic rings. The van der Waals surface area contributed by atoms with E-state index < -0.39 is 17.9 Å². The Morgan fingerprint density at radius 1 is 1.22 bits per heavy atom. The highest BCUT2D eigenvalue weighted by atomic mass is 19.4. The molecule has 1 fully saturated rings. The maximum Gasteiger partial charge on any atom is 0.433 e. The van der Waals surface area contributed by atoms with Gasteiger partial charge < -0.3 is 25.6 Å². The van der Waals surface area contributed by atoms with Gasteiger partial charge in [0.05, 0.1) is 24.8 Å². The molecule has 0 bridgehead atoms. The second-order valence-electron chi connectivity index (χ2n) is 7.46. The lowest BCUT2D eigenvalue weighted by Gasteiger charge is -2.18. The van der Waals surface area contributed by atoms with Gasteiger partial charge in [-0.3, -0.25) is 0 Å². The minimum absolute atomic E-state index is 0.0875. The van der Waals surface area contributed by atoms with Crippen LogP contribution in [0.2, 0.25) is 0 Å². The first-order chi connectivity index (χ1) is 15.1. The highest BCUT2D eigenvalue weighted by Gasteiger charge is 2.34. The van der Waals surface area contributed by atoms with Crippen molar-refractivity contribution in [1.82, 2.24) is 19.9 Å². The topological polar surface area (TPSA) is 128 Å². The van der Waals surface area contributed by atoms with Gasteiger partial charge in [-0.2, -0.15) is 13.2 Å². The fourth-order valence-corrected chi connectivity index (χ4v) is 3.34. The van der Waals surface area contributed by atoms with Gasteiger partial charge in [0.15, 0.2) is 17.3 Å². The normalized spacial score (nSPS) is 17.5. The van der Waals surface area contributed by atoms with Gasteiger partial charge in [-0.05, 0) is 19.9 Å². The lowest BCUT2D eigenvalue weighted by Crippen LogP contribution is -2.18. The number of halogens is 3. The summed E-state index contributed by atoms with van der Waals surface area (Å²) < 4.78 is 50.5. The summed E-state index contributed by atoms with van der Waals surface area (Å²) in [5, 5.41) is 13.9. The molecule has 4 rings (SSSR count). The Kier molecular flexibility index (Phi) is 5.63. The molecule has 0 amide bonds. The molecule has 0 aliphatic carbocycles. The van der Waals surface area contributed by atoms with Crippen molar-refractivity contribution in [3.8, 4) is 11.5 Å². The largest absolute Gasteiger partial charge is 0.504 e. The Labute approximate surface area is 180 Å². The number of nitrogen functional groups attached to an aromatic ring is 1. The molecule has 1 aliphatic heterocycles. The number of ether oxygens (including phenoxy) is 2. The van der Waals surface area contributed by atoms with Crippen LogP contribution in [0.5, 0.6) is 11.5 Å². The quantitative estimate of drug-likeness (QED) is 0.536. The van der Waals surface area contributed by atoms with Gasteiger partial charge in [-0.1, -0.05) is 0 Å². The van der Waals surface area contributed by atoms with Crippen molar-refractivity contribution < 1.29 is 27.8 Å². The van der Waals surface area contributed by atoms with Crippen LogP contribution < -0.4 is 15.8 Å². The number of aromatic nitrogens is 4. The number of nitrogens with one attached hydrogen (secondary N) is 1. The number of nitrogens with zero attached hydrogens (tertiary/aromatic N) is 4. The van der Waals surface area contributed by atoms with Crippen LogP contribution >= 0.6 is 0 Å². The summed E-state index contributed by atoms with van der Waals surface area (Å²) >= 11 is 0. The molecule has 3 heterocycles. The second kappa shape index (κ2) is 8.26. The van der Waals surface area contributed by atoms with Crippen LogP contribution in [0.4, 0.5) is 24.8 Å². The summed E-state index contributed by atoms with van der Waals surface area (Å²) in [6.07, 6.45) is -4.16. The Morgan fingerprint density at radius 3 is 2.69 bits per heavy atom. The Bertz CT molecular complexity index is 1150. The van der Waals surface area contributed by atoms with Crippen LogP contribution in [0, 0.1) is 6.92 Å². The minimum Gasteiger partial charge on any atom is -0.504 e. The standard InChI is InChI=1S/C20H21F3N6O3/c1-9(18-28-16(20(21,22)23)7-17(24)29-18)25-19-12-5-15(32-11-3-4-31-8-11)14(30)6-13(12)26-10(2)27-19/h5-7,9,11,30H,3-4,8H2,1-2H3,(H2,24,28,29)(H,25,26,27)/t9-,11?/m1/s1. The molecule has 0 radical (unpaired) electrons. The van der Waals surface area contributed by atoms with Crippen molar-refractivity contribution in [2.45, 2.75) is 38.6 Å². The predicted octanol–water partition coefficient (Wildman–Crippen LogP) is 3.38. The molecule has 9 nitrogen and oxygen atoms in total. The molecular weight excluding hydrogens is 429 g/mol. The number of hydrogen-bond donors (Lipinski definition) is 3. The first kappa shape index (κ1) is 21.8. The number of alkyl halides is 3. The van der Waals surface area contributed by atoms with Crippen LogP contribution in [-0.4, -0.2) is 44.4 Å². The van der Waals surface area contributed by atoms with E-state index in [1.807, 2.05) is 0 Å². The summed E-state index contributed by atoms with van der Waals surface area (Å²) in [4.78, 5) is 16.2. The van der Waals surface area contributed by atoms with Gasteiger partial charge in [-0.15, -0.1) is 0 Å². The third kappa shape index (κ3) is 4.59. The zero-order valence-electron chi connectivity index (χ0n) is 17.3. The average Bonchev–Trinajstić information content (AvgIpc) is 3.21. The lowest BCUT2D eigenvalue weighted by molar-refractivity contribution is -0.141. The van der Waals surface area contributed by atoms with Crippen LogP contribution in [0.1, 0.15) is 36.7 Å². The predicted molar refractivity (Wildman–Crippen MR) is 109 cm³/mol. The van der Waals surface area contributed by atoms with Gasteiger partial charge in [0, 0.05) is 23.9 Å². The number of rotatable bonds is 5. The monoisotopic (exact) mass is 450 g/mol. The maximum absolute atomic E-state index is 13.1. The van der Waals surface area contributed by atoms with Crippen molar-refractivity contribution in [2.75, 3.05) is 24.3 Å². The van der Waals surface area contributed by atoms with Crippen LogP contribution in [-0.2, 0) is 10.9 Å². The fourth-order valence-electron chi connectivity index (χ4n) is 3.34. The van der Waals surface area contributed by atoms with E-state index in [0.29, 0.717) is 48.2 Å². The number of phenolic OH excluding ortho intramolecular Hbond substituents is 1.